The van der Waals surface area contributed by atoms with E-state index in [2.05, 4.69) is 5.32 Å². The van der Waals surface area contributed by atoms with Crippen molar-refractivity contribution in [3.63, 3.8) is 0 Å². The van der Waals surface area contributed by atoms with Crippen molar-refractivity contribution in [3.8, 4) is 0 Å². The maximum atomic E-state index is 14.4. The van der Waals surface area contributed by atoms with Gasteiger partial charge in [0.1, 0.15) is 12.6 Å². The van der Waals surface area contributed by atoms with Crippen molar-refractivity contribution in [1.82, 2.24) is 10.2 Å². The summed E-state index contributed by atoms with van der Waals surface area (Å²) in [5, 5.41) is 3.77. The van der Waals surface area contributed by atoms with Gasteiger partial charge in [-0.3, -0.25) is 13.9 Å². The quantitative estimate of drug-likeness (QED) is 0.185. The first kappa shape index (κ1) is 32.1. The second-order valence-electron chi connectivity index (χ2n) is 9.91. The normalized spacial score (nSPS) is 11.9. The lowest BCUT2D eigenvalue weighted by molar-refractivity contribution is -0.140. The Morgan fingerprint density at radius 3 is 2.05 bits per heavy atom. The molecule has 0 aliphatic heterocycles. The van der Waals surface area contributed by atoms with E-state index in [1.54, 1.807) is 66.7 Å². The summed E-state index contributed by atoms with van der Waals surface area (Å²) in [5.74, 6) is -0.906. The summed E-state index contributed by atoms with van der Waals surface area (Å²) in [7, 11) is -4.18. The number of hydrogen-bond acceptors (Lipinski definition) is 4. The second-order valence-corrected chi connectivity index (χ2v) is 12.6. The predicted octanol–water partition coefficient (Wildman–Crippen LogP) is 6.36. The van der Waals surface area contributed by atoms with E-state index in [9.17, 15) is 18.0 Å². The molecule has 1 atom stereocenters. The predicted molar refractivity (Wildman–Crippen MR) is 172 cm³/mol. The highest BCUT2D eigenvalue weighted by molar-refractivity contribution is 7.92. The second kappa shape index (κ2) is 15.0. The third-order valence-corrected chi connectivity index (χ3v) is 9.25. The van der Waals surface area contributed by atoms with E-state index in [1.165, 1.54) is 17.0 Å². The van der Waals surface area contributed by atoms with Gasteiger partial charge in [-0.1, -0.05) is 96.9 Å². The van der Waals surface area contributed by atoms with Crippen LogP contribution >= 0.6 is 23.2 Å². The van der Waals surface area contributed by atoms with Gasteiger partial charge in [0.25, 0.3) is 10.0 Å². The van der Waals surface area contributed by atoms with Crippen LogP contribution in [0, 0.1) is 0 Å². The van der Waals surface area contributed by atoms with Gasteiger partial charge in [-0.2, -0.15) is 0 Å². The minimum Gasteiger partial charge on any atom is -0.354 e. The molecule has 0 aromatic heterocycles. The van der Waals surface area contributed by atoms with Gasteiger partial charge in [0.2, 0.25) is 11.8 Å². The molecule has 43 heavy (non-hydrogen) atoms. The van der Waals surface area contributed by atoms with Crippen molar-refractivity contribution in [2.24, 2.45) is 0 Å². The highest BCUT2D eigenvalue weighted by Crippen LogP contribution is 2.27. The van der Waals surface area contributed by atoms with E-state index in [4.69, 9.17) is 23.2 Å². The number of carbonyl (C=O) groups is 2. The third-order valence-electron chi connectivity index (χ3n) is 6.84. The van der Waals surface area contributed by atoms with Crippen LogP contribution in [-0.2, 0) is 32.6 Å². The Balaban J connectivity index is 1.79. The zero-order valence-corrected chi connectivity index (χ0v) is 26.0. The minimum atomic E-state index is -4.18. The van der Waals surface area contributed by atoms with E-state index in [1.807, 2.05) is 37.3 Å². The number of halogens is 2. The summed E-state index contributed by atoms with van der Waals surface area (Å²) in [4.78, 5) is 29.5. The summed E-state index contributed by atoms with van der Waals surface area (Å²) >= 11 is 12.6. The Hall–Kier alpha value is -3.85. The Bertz CT molecular complexity index is 1620. The minimum absolute atomic E-state index is 0.00457. The zero-order chi connectivity index (χ0) is 30.8. The number of anilines is 1. The molecule has 2 amide bonds. The lowest BCUT2D eigenvalue weighted by atomic mass is 10.0. The Labute approximate surface area is 263 Å². The van der Waals surface area contributed by atoms with Crippen molar-refractivity contribution in [1.29, 1.82) is 0 Å². The van der Waals surface area contributed by atoms with Gasteiger partial charge in [-0.05, 0) is 60.0 Å². The van der Waals surface area contributed by atoms with Gasteiger partial charge in [-0.25, -0.2) is 8.42 Å². The van der Waals surface area contributed by atoms with E-state index in [0.717, 1.165) is 9.87 Å². The van der Waals surface area contributed by atoms with Gasteiger partial charge in [-0.15, -0.1) is 0 Å². The molecule has 0 saturated carbocycles. The van der Waals surface area contributed by atoms with Crippen molar-refractivity contribution >= 4 is 50.7 Å². The van der Waals surface area contributed by atoms with E-state index in [-0.39, 0.29) is 29.5 Å². The van der Waals surface area contributed by atoms with Crippen LogP contribution in [0.2, 0.25) is 10.0 Å². The summed E-state index contributed by atoms with van der Waals surface area (Å²) in [6.45, 7) is 1.81. The molecular weight excluding hydrogens is 605 g/mol. The van der Waals surface area contributed by atoms with E-state index >= 15 is 0 Å². The molecule has 1 N–H and O–H groups in total. The monoisotopic (exact) mass is 637 g/mol. The summed E-state index contributed by atoms with van der Waals surface area (Å²) in [6.07, 6.45) is 0.931. The Kier molecular flexibility index (Phi) is 11.2. The third kappa shape index (κ3) is 8.38. The topological polar surface area (TPSA) is 86.8 Å². The van der Waals surface area contributed by atoms with Gasteiger partial charge >= 0.3 is 0 Å². The number of nitrogens with one attached hydrogen (secondary N) is 1. The first-order chi connectivity index (χ1) is 20.7. The molecule has 0 fully saturated rings. The Morgan fingerprint density at radius 1 is 0.814 bits per heavy atom. The summed E-state index contributed by atoms with van der Waals surface area (Å²) in [5.41, 5.74) is 1.74. The van der Waals surface area contributed by atoms with E-state index < -0.39 is 28.5 Å². The number of nitrogens with zero attached hydrogens (tertiary/aromatic N) is 2. The fourth-order valence-corrected chi connectivity index (χ4v) is 6.34. The molecule has 4 rings (SSSR count). The molecule has 0 unspecified atom stereocenters. The van der Waals surface area contributed by atoms with Crippen LogP contribution < -0.4 is 9.62 Å². The average molecular weight is 639 g/mol. The lowest BCUT2D eigenvalue weighted by Crippen LogP contribution is -2.53. The van der Waals surface area contributed by atoms with Crippen LogP contribution in [0.3, 0.4) is 0 Å². The fourth-order valence-electron chi connectivity index (χ4n) is 4.59. The largest absolute Gasteiger partial charge is 0.354 e. The first-order valence-corrected chi connectivity index (χ1v) is 16.1. The number of rotatable bonds is 13. The summed E-state index contributed by atoms with van der Waals surface area (Å²) < 4.78 is 28.9. The van der Waals surface area contributed by atoms with Crippen LogP contribution in [0.1, 0.15) is 24.5 Å². The molecule has 10 heteroatoms. The van der Waals surface area contributed by atoms with Gasteiger partial charge in [0.05, 0.1) is 10.6 Å². The molecule has 0 bridgehead atoms. The molecule has 0 radical (unpaired) electrons. The molecule has 0 spiro atoms. The number of amides is 2. The number of benzene rings is 4. The molecule has 224 valence electrons. The van der Waals surface area contributed by atoms with Gasteiger partial charge in [0, 0.05) is 29.6 Å². The van der Waals surface area contributed by atoms with Gasteiger partial charge < -0.3 is 10.2 Å². The molecule has 4 aromatic rings. The fraction of sp³-hybridized carbons (Fsp3) is 0.212. The number of carbonyl (C=O) groups excluding carboxylic acids is 2. The molecule has 0 saturated heterocycles. The highest BCUT2D eigenvalue weighted by Gasteiger charge is 2.34. The standard InChI is InChI=1S/C33H33Cl2N3O4S/c1-2-21-36-33(40)31(22-25-11-5-3-6-12-25)37(23-26-13-9-10-16-30(26)35)32(39)24-38(28-19-17-27(34)18-20-28)43(41,42)29-14-7-4-8-15-29/h3-20,31H,2,21-24H2,1H3,(H,36,40)/t31-/m0/s1. The maximum absolute atomic E-state index is 14.4. The maximum Gasteiger partial charge on any atom is 0.264 e. The van der Waals surface area contributed by atoms with Crippen molar-refractivity contribution in [2.75, 3.05) is 17.4 Å². The molecule has 0 aliphatic rings. The first-order valence-electron chi connectivity index (χ1n) is 13.9. The smallest absolute Gasteiger partial charge is 0.264 e. The molecule has 0 heterocycles. The zero-order valence-electron chi connectivity index (χ0n) is 23.7. The van der Waals surface area contributed by atoms with Crippen LogP contribution in [-0.4, -0.2) is 44.3 Å². The average Bonchev–Trinajstić information content (AvgIpc) is 3.02. The lowest BCUT2D eigenvalue weighted by Gasteiger charge is -2.34. The Morgan fingerprint density at radius 2 is 1.42 bits per heavy atom. The number of sulfonamides is 1. The SMILES string of the molecule is CCCNC(=O)[C@H](Cc1ccccc1)N(Cc1ccccc1Cl)C(=O)CN(c1ccc(Cl)cc1)S(=O)(=O)c1ccccc1. The van der Waals surface area contributed by atoms with Crippen LogP contribution in [0.4, 0.5) is 5.69 Å². The van der Waals surface area contributed by atoms with Crippen LogP contribution in [0.15, 0.2) is 114 Å². The van der Waals surface area contributed by atoms with Crippen molar-refractivity contribution in [2.45, 2.75) is 37.2 Å². The number of hydrogen-bond donors (Lipinski definition) is 1. The summed E-state index contributed by atoms with van der Waals surface area (Å²) in [6, 6.07) is 29.6. The molecule has 0 aliphatic carbocycles. The van der Waals surface area contributed by atoms with E-state index in [0.29, 0.717) is 28.6 Å². The highest BCUT2D eigenvalue weighted by atomic mass is 35.5. The van der Waals surface area contributed by atoms with Crippen molar-refractivity contribution < 1.29 is 18.0 Å². The van der Waals surface area contributed by atoms with Gasteiger partial charge in [0.15, 0.2) is 0 Å². The van der Waals surface area contributed by atoms with Crippen LogP contribution in [0.5, 0.6) is 0 Å². The molecule has 7 nitrogen and oxygen atoms in total. The molecule has 4 aromatic carbocycles. The van der Waals surface area contributed by atoms with Crippen LogP contribution in [0.25, 0.3) is 0 Å². The molecular formula is C33H33Cl2N3O4S. The van der Waals surface area contributed by atoms with Crippen molar-refractivity contribution in [3.05, 3.63) is 130 Å².